The van der Waals surface area contributed by atoms with Gasteiger partial charge in [-0.25, -0.2) is 10.2 Å². The Balaban J connectivity index is 1.25. The number of aromatic nitrogens is 3. The highest BCUT2D eigenvalue weighted by Gasteiger charge is 2.20. The van der Waals surface area contributed by atoms with Crippen molar-refractivity contribution in [2.24, 2.45) is 5.10 Å². The van der Waals surface area contributed by atoms with Crippen LogP contribution in [0.15, 0.2) is 59.7 Å². The molecule has 2 aromatic carbocycles. The summed E-state index contributed by atoms with van der Waals surface area (Å²) in [5.41, 5.74) is 4.24. The third-order valence-corrected chi connectivity index (χ3v) is 5.68. The monoisotopic (exact) mass is 489 g/mol. The van der Waals surface area contributed by atoms with E-state index in [0.29, 0.717) is 55.6 Å². The fourth-order valence-electron chi connectivity index (χ4n) is 3.74. The summed E-state index contributed by atoms with van der Waals surface area (Å²) in [5, 5.41) is 4.30. The molecule has 11 heteroatoms. The van der Waals surface area contributed by atoms with E-state index in [1.807, 2.05) is 18.2 Å². The number of rotatable bonds is 7. The Labute approximate surface area is 208 Å². The summed E-state index contributed by atoms with van der Waals surface area (Å²) in [6, 6.07) is 15.9. The van der Waals surface area contributed by atoms with Gasteiger partial charge in [-0.05, 0) is 42.0 Å². The zero-order valence-corrected chi connectivity index (χ0v) is 19.7. The van der Waals surface area contributed by atoms with E-state index in [2.05, 4.69) is 35.3 Å². The number of nitrogens with one attached hydrogen (secondary N) is 1. The second kappa shape index (κ2) is 11.6. The molecule has 1 N–H and O–H groups in total. The van der Waals surface area contributed by atoms with Gasteiger partial charge in [-0.3, -0.25) is 0 Å². The van der Waals surface area contributed by atoms with Crippen LogP contribution in [0.1, 0.15) is 15.9 Å². The van der Waals surface area contributed by atoms with Gasteiger partial charge in [-0.1, -0.05) is 18.2 Å². The van der Waals surface area contributed by atoms with Crippen LogP contribution in [-0.2, 0) is 9.47 Å². The Morgan fingerprint density at radius 3 is 2.00 bits per heavy atom. The average molecular weight is 490 g/mol. The van der Waals surface area contributed by atoms with Gasteiger partial charge >= 0.3 is 5.97 Å². The van der Waals surface area contributed by atoms with Gasteiger partial charge < -0.3 is 24.0 Å². The Bertz CT molecular complexity index is 1140. The van der Waals surface area contributed by atoms with Gasteiger partial charge in [0.05, 0.1) is 38.2 Å². The summed E-state index contributed by atoms with van der Waals surface area (Å²) >= 11 is 0. The van der Waals surface area contributed by atoms with Crippen molar-refractivity contribution in [2.45, 2.75) is 0 Å². The molecular formula is C25H27N7O4. The quantitative estimate of drug-likeness (QED) is 0.229. The molecule has 1 aromatic heterocycles. The van der Waals surface area contributed by atoms with Crippen molar-refractivity contribution >= 4 is 30.0 Å². The highest BCUT2D eigenvalue weighted by molar-refractivity contribution is 5.91. The summed E-state index contributed by atoms with van der Waals surface area (Å²) in [4.78, 5) is 30.2. The molecule has 0 amide bonds. The van der Waals surface area contributed by atoms with Gasteiger partial charge in [0.1, 0.15) is 5.75 Å². The Kier molecular flexibility index (Phi) is 7.59. The van der Waals surface area contributed by atoms with Gasteiger partial charge in [0, 0.05) is 26.2 Å². The van der Waals surface area contributed by atoms with Crippen molar-refractivity contribution in [3.8, 4) is 5.75 Å². The number of hydrogen-bond donors (Lipinski definition) is 1. The van der Waals surface area contributed by atoms with Crippen molar-refractivity contribution in [2.75, 3.05) is 67.8 Å². The van der Waals surface area contributed by atoms with Crippen LogP contribution >= 0.6 is 0 Å². The van der Waals surface area contributed by atoms with Crippen molar-refractivity contribution in [3.05, 3.63) is 65.7 Å². The zero-order chi connectivity index (χ0) is 24.6. The Morgan fingerprint density at radius 2 is 1.42 bits per heavy atom. The van der Waals surface area contributed by atoms with E-state index >= 15 is 0 Å². The molecule has 0 saturated carbocycles. The summed E-state index contributed by atoms with van der Waals surface area (Å²) in [7, 11) is 0. The molecule has 0 spiro atoms. The number of hydrogen-bond acceptors (Lipinski definition) is 11. The fourth-order valence-corrected chi connectivity index (χ4v) is 3.74. The van der Waals surface area contributed by atoms with E-state index in [-0.39, 0.29) is 0 Å². The van der Waals surface area contributed by atoms with Crippen molar-refractivity contribution in [1.29, 1.82) is 0 Å². The number of morpholine rings is 2. The van der Waals surface area contributed by atoms with Crippen LogP contribution in [0.2, 0.25) is 0 Å². The largest absolute Gasteiger partial charge is 0.423 e. The maximum atomic E-state index is 12.2. The van der Waals surface area contributed by atoms with Crippen LogP contribution in [0.5, 0.6) is 5.75 Å². The lowest BCUT2D eigenvalue weighted by Gasteiger charge is -2.30. The highest BCUT2D eigenvalue weighted by atomic mass is 16.5. The molecule has 3 aromatic rings. The number of nitrogens with zero attached hydrogens (tertiary/aromatic N) is 6. The van der Waals surface area contributed by atoms with Crippen LogP contribution in [0.4, 0.5) is 17.8 Å². The van der Waals surface area contributed by atoms with E-state index in [4.69, 9.17) is 14.2 Å². The zero-order valence-electron chi connectivity index (χ0n) is 19.7. The van der Waals surface area contributed by atoms with E-state index in [0.717, 1.165) is 31.7 Å². The number of carbonyl (C=O) groups excluding carboxylic acids is 1. The first-order valence-corrected chi connectivity index (χ1v) is 11.8. The Hall–Kier alpha value is -4.09. The predicted octanol–water partition coefficient (Wildman–Crippen LogP) is 2.21. The van der Waals surface area contributed by atoms with Crippen molar-refractivity contribution in [1.82, 2.24) is 15.0 Å². The normalized spacial score (nSPS) is 16.2. The maximum Gasteiger partial charge on any atom is 0.343 e. The molecule has 0 aliphatic carbocycles. The molecular weight excluding hydrogens is 462 g/mol. The summed E-state index contributed by atoms with van der Waals surface area (Å²) in [5.74, 6) is 1.60. The number of ether oxygens (including phenoxy) is 3. The minimum Gasteiger partial charge on any atom is -0.423 e. The first-order chi connectivity index (χ1) is 17.7. The van der Waals surface area contributed by atoms with Gasteiger partial charge in [-0.15, -0.1) is 0 Å². The summed E-state index contributed by atoms with van der Waals surface area (Å²) < 4.78 is 16.3. The number of carbonyl (C=O) groups is 1. The molecule has 2 saturated heterocycles. The molecule has 2 aliphatic rings. The molecule has 5 rings (SSSR count). The second-order valence-electron chi connectivity index (χ2n) is 8.15. The van der Waals surface area contributed by atoms with Gasteiger partial charge in [0.15, 0.2) is 0 Å². The molecule has 0 atom stereocenters. The SMILES string of the molecule is O=C(Oc1ccc(C=NNc2nc(N3CCOCC3)nc(N3CCOCC3)n2)cc1)c1ccccc1. The van der Waals surface area contributed by atoms with Crippen LogP contribution < -0.4 is 20.0 Å². The van der Waals surface area contributed by atoms with Gasteiger partial charge in [-0.2, -0.15) is 20.1 Å². The molecule has 11 nitrogen and oxygen atoms in total. The number of esters is 1. The second-order valence-corrected chi connectivity index (χ2v) is 8.15. The first kappa shape index (κ1) is 23.6. The van der Waals surface area contributed by atoms with Crippen LogP contribution in [0.3, 0.4) is 0 Å². The molecule has 3 heterocycles. The van der Waals surface area contributed by atoms with Crippen molar-refractivity contribution in [3.63, 3.8) is 0 Å². The topological polar surface area (TPSA) is 114 Å². The lowest BCUT2D eigenvalue weighted by molar-refractivity contribution is 0.0734. The molecule has 2 fully saturated rings. The van der Waals surface area contributed by atoms with E-state index < -0.39 is 5.97 Å². The average Bonchev–Trinajstić information content (AvgIpc) is 2.95. The van der Waals surface area contributed by atoms with Crippen LogP contribution in [0, 0.1) is 0 Å². The van der Waals surface area contributed by atoms with E-state index in [1.165, 1.54) is 0 Å². The summed E-state index contributed by atoms with van der Waals surface area (Å²) in [6.07, 6.45) is 1.65. The maximum absolute atomic E-state index is 12.2. The summed E-state index contributed by atoms with van der Waals surface area (Å²) in [6.45, 7) is 5.42. The third kappa shape index (κ3) is 6.12. The molecule has 0 bridgehead atoms. The lowest BCUT2D eigenvalue weighted by atomic mass is 10.2. The molecule has 2 aliphatic heterocycles. The standard InChI is InChI=1S/C25H27N7O4/c33-22(20-4-2-1-3-5-20)36-21-8-6-19(7-9-21)18-26-30-23-27-24(31-10-14-34-15-11-31)29-25(28-23)32-12-16-35-17-13-32/h1-9,18H,10-17H2,(H,27,28,29,30). The minimum atomic E-state index is -0.402. The Morgan fingerprint density at radius 1 is 0.833 bits per heavy atom. The molecule has 186 valence electrons. The highest BCUT2D eigenvalue weighted by Crippen LogP contribution is 2.19. The molecule has 0 radical (unpaired) electrons. The van der Waals surface area contributed by atoms with E-state index in [1.54, 1.807) is 42.6 Å². The number of hydrazone groups is 1. The molecule has 36 heavy (non-hydrogen) atoms. The fraction of sp³-hybridized carbons (Fsp3) is 0.320. The number of benzene rings is 2. The van der Waals surface area contributed by atoms with Crippen molar-refractivity contribution < 1.29 is 19.0 Å². The first-order valence-electron chi connectivity index (χ1n) is 11.8. The van der Waals surface area contributed by atoms with Crippen LogP contribution in [-0.4, -0.2) is 79.7 Å². The van der Waals surface area contributed by atoms with Gasteiger partial charge in [0.25, 0.3) is 0 Å². The van der Waals surface area contributed by atoms with Crippen LogP contribution in [0.25, 0.3) is 0 Å². The number of anilines is 3. The van der Waals surface area contributed by atoms with E-state index in [9.17, 15) is 4.79 Å². The molecule has 0 unspecified atom stereocenters. The third-order valence-electron chi connectivity index (χ3n) is 5.68. The predicted molar refractivity (Wildman–Crippen MR) is 135 cm³/mol. The van der Waals surface area contributed by atoms with Gasteiger partial charge in [0.2, 0.25) is 17.8 Å². The minimum absolute atomic E-state index is 0.359. The smallest absolute Gasteiger partial charge is 0.343 e. The lowest BCUT2D eigenvalue weighted by Crippen LogP contribution is -2.40.